The first-order valence-electron chi connectivity index (χ1n) is 9.41. The van der Waals surface area contributed by atoms with Gasteiger partial charge in [-0.1, -0.05) is 18.2 Å². The second-order valence-corrected chi connectivity index (χ2v) is 10.1. The molecule has 0 saturated carbocycles. The Bertz CT molecular complexity index is 1260. The third-order valence-corrected chi connectivity index (χ3v) is 9.68. The molecule has 33 heavy (non-hydrogen) atoms. The van der Waals surface area contributed by atoms with E-state index in [9.17, 15) is 14.4 Å². The lowest BCUT2D eigenvalue weighted by molar-refractivity contribution is -0.133. The maximum absolute atomic E-state index is 13.2. The molecule has 0 N–H and O–H groups in total. The quantitative estimate of drug-likeness (QED) is 0.0974. The lowest BCUT2D eigenvalue weighted by Crippen LogP contribution is -2.29. The summed E-state index contributed by atoms with van der Waals surface area (Å²) in [6.07, 6.45) is 0.0587. The second kappa shape index (κ2) is 9.69. The third-order valence-electron chi connectivity index (χ3n) is 4.92. The summed E-state index contributed by atoms with van der Waals surface area (Å²) in [5, 5.41) is 0. The summed E-state index contributed by atoms with van der Waals surface area (Å²) in [6, 6.07) is 13.4. The van der Waals surface area contributed by atoms with Crippen LogP contribution in [0.1, 0.15) is 26.3 Å². The van der Waals surface area contributed by atoms with Crippen molar-refractivity contribution in [3.05, 3.63) is 83.1 Å². The summed E-state index contributed by atoms with van der Waals surface area (Å²) in [7, 11) is 1.57. The Kier molecular flexibility index (Phi) is 7.09. The minimum absolute atomic E-state index is 0.0587. The number of anilines is 1. The molecule has 0 fully saturated rings. The molecule has 1 aliphatic rings. The van der Waals surface area contributed by atoms with Crippen LogP contribution in [0.25, 0.3) is 0 Å². The summed E-state index contributed by atoms with van der Waals surface area (Å²) >= 11 is 13.6. The summed E-state index contributed by atoms with van der Waals surface area (Å²) in [4.78, 5) is 39.8. The Morgan fingerprint density at radius 1 is 0.818 bits per heavy atom. The SMILES string of the molecule is COc1ccc(CC(=O)Oc2cccc(N3C(=O)c4c(Br)c(Br)c(Br)c(Br)c4C3=O)c2)cc1. The number of halogens is 4. The van der Waals surface area contributed by atoms with Crippen LogP contribution in [0.4, 0.5) is 5.69 Å². The molecule has 0 atom stereocenters. The highest BCUT2D eigenvalue weighted by atomic mass is 79.9. The molecule has 6 nitrogen and oxygen atoms in total. The fourth-order valence-electron chi connectivity index (χ4n) is 3.35. The Labute approximate surface area is 222 Å². The summed E-state index contributed by atoms with van der Waals surface area (Å²) in [5.74, 6) is -0.533. The average molecular weight is 703 g/mol. The van der Waals surface area contributed by atoms with Gasteiger partial charge >= 0.3 is 5.97 Å². The number of esters is 1. The number of ether oxygens (including phenoxy) is 2. The number of imide groups is 1. The van der Waals surface area contributed by atoms with Gasteiger partial charge in [0.25, 0.3) is 11.8 Å². The first-order valence-corrected chi connectivity index (χ1v) is 12.6. The van der Waals surface area contributed by atoms with Crippen LogP contribution in [0.3, 0.4) is 0 Å². The molecular formula is C23H13Br4NO5. The van der Waals surface area contributed by atoms with Crippen molar-refractivity contribution in [1.82, 2.24) is 0 Å². The van der Waals surface area contributed by atoms with E-state index in [1.165, 1.54) is 6.07 Å². The van der Waals surface area contributed by atoms with Crippen LogP contribution in [0.2, 0.25) is 0 Å². The Hall–Kier alpha value is -2.01. The van der Waals surface area contributed by atoms with Crippen LogP contribution in [-0.2, 0) is 11.2 Å². The van der Waals surface area contributed by atoms with E-state index in [1.807, 2.05) is 0 Å². The Morgan fingerprint density at radius 3 is 1.94 bits per heavy atom. The molecule has 0 unspecified atom stereocenters. The van der Waals surface area contributed by atoms with Crippen molar-refractivity contribution in [2.45, 2.75) is 6.42 Å². The molecule has 0 radical (unpaired) electrons. The number of fused-ring (bicyclic) bond motifs is 1. The van der Waals surface area contributed by atoms with Gasteiger partial charge in [-0.3, -0.25) is 14.4 Å². The molecule has 0 saturated heterocycles. The number of rotatable bonds is 5. The van der Waals surface area contributed by atoms with Gasteiger partial charge in [0.15, 0.2) is 0 Å². The first-order chi connectivity index (χ1) is 15.7. The third kappa shape index (κ3) is 4.53. The fourth-order valence-corrected chi connectivity index (χ4v) is 5.80. The van der Waals surface area contributed by atoms with Gasteiger partial charge in [-0.15, -0.1) is 0 Å². The fraction of sp³-hybridized carbons (Fsp3) is 0.0870. The summed E-state index contributed by atoms with van der Waals surface area (Å²) in [5.41, 5.74) is 1.54. The van der Waals surface area contributed by atoms with Gasteiger partial charge in [0.05, 0.1) is 30.3 Å². The molecule has 3 aromatic rings. The minimum Gasteiger partial charge on any atom is -0.497 e. The number of hydrogen-bond acceptors (Lipinski definition) is 5. The first kappa shape index (κ1) is 24.1. The van der Waals surface area contributed by atoms with Crippen molar-refractivity contribution < 1.29 is 23.9 Å². The second-order valence-electron chi connectivity index (χ2n) is 6.95. The molecule has 0 bridgehead atoms. The highest BCUT2D eigenvalue weighted by Gasteiger charge is 2.42. The number of carbonyl (C=O) groups excluding carboxylic acids is 3. The number of nitrogens with zero attached hydrogens (tertiary/aromatic N) is 1. The number of amides is 2. The molecule has 3 aromatic carbocycles. The van der Waals surface area contributed by atoms with Crippen LogP contribution in [-0.4, -0.2) is 24.9 Å². The molecule has 10 heteroatoms. The van der Waals surface area contributed by atoms with Crippen molar-refractivity contribution >= 4 is 87.2 Å². The number of carbonyl (C=O) groups is 3. The maximum atomic E-state index is 13.2. The van der Waals surface area contributed by atoms with Crippen LogP contribution in [0, 0.1) is 0 Å². The summed E-state index contributed by atoms with van der Waals surface area (Å²) in [6.45, 7) is 0. The highest BCUT2D eigenvalue weighted by Crippen LogP contribution is 2.46. The van der Waals surface area contributed by atoms with Crippen molar-refractivity contribution in [2.24, 2.45) is 0 Å². The predicted molar refractivity (Wildman–Crippen MR) is 137 cm³/mol. The topological polar surface area (TPSA) is 72.9 Å². The van der Waals surface area contributed by atoms with Crippen molar-refractivity contribution in [2.75, 3.05) is 12.0 Å². The molecule has 168 valence electrons. The monoisotopic (exact) mass is 699 g/mol. The van der Waals surface area contributed by atoms with E-state index in [1.54, 1.807) is 49.6 Å². The highest BCUT2D eigenvalue weighted by molar-refractivity contribution is 9.15. The van der Waals surface area contributed by atoms with E-state index in [0.29, 0.717) is 29.3 Å². The molecule has 0 spiro atoms. The Balaban J connectivity index is 1.58. The molecular weight excluding hydrogens is 690 g/mol. The summed E-state index contributed by atoms with van der Waals surface area (Å²) < 4.78 is 12.7. The predicted octanol–water partition coefficient (Wildman–Crippen LogP) is 6.69. The largest absolute Gasteiger partial charge is 0.497 e. The van der Waals surface area contributed by atoms with Crippen molar-refractivity contribution in [3.8, 4) is 11.5 Å². The molecule has 4 rings (SSSR count). The lowest BCUT2D eigenvalue weighted by atomic mass is 10.1. The lowest BCUT2D eigenvalue weighted by Gasteiger charge is -2.15. The van der Waals surface area contributed by atoms with Gasteiger partial charge in [0, 0.05) is 24.0 Å². The van der Waals surface area contributed by atoms with Crippen molar-refractivity contribution in [1.29, 1.82) is 0 Å². The minimum atomic E-state index is -0.488. The van der Waals surface area contributed by atoms with Crippen LogP contribution < -0.4 is 14.4 Å². The van der Waals surface area contributed by atoms with E-state index in [2.05, 4.69) is 63.7 Å². The zero-order chi connectivity index (χ0) is 23.9. The molecule has 1 aliphatic heterocycles. The average Bonchev–Trinajstić information content (AvgIpc) is 3.07. The Morgan fingerprint density at radius 2 is 1.39 bits per heavy atom. The number of hydrogen-bond donors (Lipinski definition) is 0. The van der Waals surface area contributed by atoms with Crippen LogP contribution in [0.5, 0.6) is 11.5 Å². The van der Waals surface area contributed by atoms with Gasteiger partial charge < -0.3 is 9.47 Å². The van der Waals surface area contributed by atoms with E-state index in [-0.39, 0.29) is 23.3 Å². The number of benzene rings is 3. The normalized spacial score (nSPS) is 12.7. The van der Waals surface area contributed by atoms with E-state index >= 15 is 0 Å². The number of methoxy groups -OCH3 is 1. The van der Waals surface area contributed by atoms with E-state index in [0.717, 1.165) is 10.5 Å². The molecule has 2 amide bonds. The molecule has 0 aliphatic carbocycles. The van der Waals surface area contributed by atoms with Gasteiger partial charge in [0.2, 0.25) is 0 Å². The van der Waals surface area contributed by atoms with Gasteiger partial charge in [-0.05, 0) is 93.5 Å². The smallest absolute Gasteiger partial charge is 0.315 e. The van der Waals surface area contributed by atoms with Crippen molar-refractivity contribution in [3.63, 3.8) is 0 Å². The van der Waals surface area contributed by atoms with Crippen LogP contribution in [0.15, 0.2) is 66.4 Å². The zero-order valence-corrected chi connectivity index (χ0v) is 23.2. The standard InChI is InChI=1S/C23H13Br4NO5/c1-32-13-7-5-11(6-8-13)9-15(29)33-14-4-2-3-12(10-14)28-22(30)16-17(23(28)31)19(25)21(27)20(26)18(16)24/h2-8,10H,9H2,1H3. The van der Waals surface area contributed by atoms with Crippen LogP contribution >= 0.6 is 63.7 Å². The maximum Gasteiger partial charge on any atom is 0.315 e. The van der Waals surface area contributed by atoms with E-state index < -0.39 is 17.8 Å². The van der Waals surface area contributed by atoms with Gasteiger partial charge in [-0.25, -0.2) is 4.90 Å². The zero-order valence-electron chi connectivity index (χ0n) is 16.8. The van der Waals surface area contributed by atoms with Gasteiger partial charge in [-0.2, -0.15) is 0 Å². The van der Waals surface area contributed by atoms with E-state index in [4.69, 9.17) is 9.47 Å². The molecule has 1 heterocycles. The van der Waals surface area contributed by atoms with Gasteiger partial charge in [0.1, 0.15) is 11.5 Å². The molecule has 0 aromatic heterocycles.